The van der Waals surface area contributed by atoms with E-state index in [1.807, 2.05) is 0 Å². The second kappa shape index (κ2) is 4.69. The van der Waals surface area contributed by atoms with Crippen LogP contribution in [0, 0.1) is 11.6 Å². The van der Waals surface area contributed by atoms with E-state index >= 15 is 0 Å². The summed E-state index contributed by atoms with van der Waals surface area (Å²) in [4.78, 5) is 5.42. The van der Waals surface area contributed by atoms with Crippen molar-refractivity contribution in [2.45, 2.75) is 6.54 Å². The zero-order chi connectivity index (χ0) is 13.3. The van der Waals surface area contributed by atoms with E-state index in [0.717, 1.165) is 6.07 Å². The molecule has 0 unspecified atom stereocenters. The molecule has 2 rings (SSSR count). The van der Waals surface area contributed by atoms with Crippen molar-refractivity contribution in [1.29, 1.82) is 0 Å². The lowest BCUT2D eigenvalue weighted by atomic mass is 10.1. The molecule has 0 amide bonds. The third kappa shape index (κ3) is 2.17. The highest BCUT2D eigenvalue weighted by Crippen LogP contribution is 2.27. The molecule has 0 saturated carbocycles. The molecule has 7 heteroatoms. The molecule has 1 heterocycles. The maximum atomic E-state index is 13.5. The molecule has 0 aliphatic heterocycles. The Morgan fingerprint density at radius 1 is 1.33 bits per heavy atom. The first-order valence-corrected chi connectivity index (χ1v) is 5.22. The van der Waals surface area contributed by atoms with Gasteiger partial charge in [-0.2, -0.15) is 4.98 Å². The summed E-state index contributed by atoms with van der Waals surface area (Å²) in [7, 11) is 3.23. The van der Waals surface area contributed by atoms with Crippen LogP contribution in [0.1, 0.15) is 5.89 Å². The molecule has 0 aliphatic carbocycles. The summed E-state index contributed by atoms with van der Waals surface area (Å²) < 4.78 is 31.8. The second-order valence-corrected chi connectivity index (χ2v) is 3.90. The molecule has 1 aromatic heterocycles. The van der Waals surface area contributed by atoms with Gasteiger partial charge in [-0.05, 0) is 12.1 Å². The van der Waals surface area contributed by atoms with Gasteiger partial charge in [-0.15, -0.1) is 0 Å². The Kier molecular flexibility index (Phi) is 3.24. The Morgan fingerprint density at radius 3 is 2.61 bits per heavy atom. The molecular weight excluding hydrogens is 242 g/mol. The van der Waals surface area contributed by atoms with Crippen LogP contribution in [-0.4, -0.2) is 24.2 Å². The lowest BCUT2D eigenvalue weighted by Crippen LogP contribution is -2.12. The Morgan fingerprint density at radius 2 is 2.06 bits per heavy atom. The summed E-state index contributed by atoms with van der Waals surface area (Å²) in [6.07, 6.45) is 0. The third-order valence-corrected chi connectivity index (χ3v) is 2.39. The van der Waals surface area contributed by atoms with Gasteiger partial charge in [0.15, 0.2) is 11.6 Å². The van der Waals surface area contributed by atoms with E-state index in [1.54, 1.807) is 14.1 Å². The SMILES string of the molecule is CN(C)c1cc(-c2noc(CN)n2)cc(F)c1F. The quantitative estimate of drug-likeness (QED) is 0.899. The fourth-order valence-corrected chi connectivity index (χ4v) is 1.48. The number of hydrogen-bond donors (Lipinski definition) is 1. The van der Waals surface area contributed by atoms with Gasteiger partial charge in [-0.25, -0.2) is 8.78 Å². The first-order chi connectivity index (χ1) is 8.52. The fourth-order valence-electron chi connectivity index (χ4n) is 1.48. The molecule has 0 fully saturated rings. The molecule has 0 saturated heterocycles. The molecule has 0 radical (unpaired) electrons. The van der Waals surface area contributed by atoms with Crippen LogP contribution in [0.4, 0.5) is 14.5 Å². The summed E-state index contributed by atoms with van der Waals surface area (Å²) in [6.45, 7) is 0.0945. The molecule has 0 aliphatic rings. The van der Waals surface area contributed by atoms with Gasteiger partial charge in [-0.3, -0.25) is 0 Å². The van der Waals surface area contributed by atoms with E-state index in [1.165, 1.54) is 11.0 Å². The third-order valence-electron chi connectivity index (χ3n) is 2.39. The summed E-state index contributed by atoms with van der Waals surface area (Å²) in [5, 5.41) is 3.65. The van der Waals surface area contributed by atoms with Crippen LogP contribution >= 0.6 is 0 Å². The van der Waals surface area contributed by atoms with Crippen molar-refractivity contribution in [3.8, 4) is 11.4 Å². The number of anilines is 1. The molecule has 18 heavy (non-hydrogen) atoms. The maximum Gasteiger partial charge on any atom is 0.240 e. The van der Waals surface area contributed by atoms with Gasteiger partial charge in [0.2, 0.25) is 11.7 Å². The Bertz CT molecular complexity index is 568. The Balaban J connectivity index is 2.51. The lowest BCUT2D eigenvalue weighted by molar-refractivity contribution is 0.380. The highest BCUT2D eigenvalue weighted by molar-refractivity contribution is 5.63. The predicted octanol–water partition coefficient (Wildman–Crippen LogP) is 1.54. The first kappa shape index (κ1) is 12.4. The number of aromatic nitrogens is 2. The van der Waals surface area contributed by atoms with Crippen molar-refractivity contribution < 1.29 is 13.3 Å². The number of rotatable bonds is 3. The van der Waals surface area contributed by atoms with E-state index in [-0.39, 0.29) is 23.9 Å². The van der Waals surface area contributed by atoms with Crippen molar-refractivity contribution in [2.24, 2.45) is 5.73 Å². The summed E-state index contributed by atoms with van der Waals surface area (Å²) in [5.41, 5.74) is 5.78. The van der Waals surface area contributed by atoms with Gasteiger partial charge < -0.3 is 15.2 Å². The number of nitrogens with two attached hydrogens (primary N) is 1. The minimum Gasteiger partial charge on any atom is -0.375 e. The Hall–Kier alpha value is -2.02. The number of nitrogens with zero attached hydrogens (tertiary/aromatic N) is 3. The van der Waals surface area contributed by atoms with Gasteiger partial charge >= 0.3 is 0 Å². The van der Waals surface area contributed by atoms with Crippen LogP contribution in [0.25, 0.3) is 11.4 Å². The van der Waals surface area contributed by atoms with Crippen LogP contribution in [0.5, 0.6) is 0 Å². The van der Waals surface area contributed by atoms with Crippen molar-refractivity contribution in [3.05, 3.63) is 29.7 Å². The van der Waals surface area contributed by atoms with E-state index in [9.17, 15) is 8.78 Å². The first-order valence-electron chi connectivity index (χ1n) is 5.22. The lowest BCUT2D eigenvalue weighted by Gasteiger charge is -2.14. The number of benzene rings is 1. The monoisotopic (exact) mass is 254 g/mol. The zero-order valence-electron chi connectivity index (χ0n) is 9.94. The Labute approximate surface area is 102 Å². The molecule has 0 bridgehead atoms. The predicted molar refractivity (Wildman–Crippen MR) is 61.9 cm³/mol. The van der Waals surface area contributed by atoms with Crippen LogP contribution in [0.2, 0.25) is 0 Å². The largest absolute Gasteiger partial charge is 0.375 e. The van der Waals surface area contributed by atoms with E-state index < -0.39 is 11.6 Å². The molecule has 0 atom stereocenters. The molecule has 0 spiro atoms. The smallest absolute Gasteiger partial charge is 0.240 e. The highest BCUT2D eigenvalue weighted by Gasteiger charge is 2.16. The van der Waals surface area contributed by atoms with Gasteiger partial charge in [0.25, 0.3) is 0 Å². The second-order valence-electron chi connectivity index (χ2n) is 3.90. The fraction of sp³-hybridized carbons (Fsp3) is 0.273. The number of halogens is 2. The van der Waals surface area contributed by atoms with Crippen LogP contribution in [0.3, 0.4) is 0 Å². The van der Waals surface area contributed by atoms with Gasteiger partial charge in [0, 0.05) is 19.7 Å². The number of hydrogen-bond acceptors (Lipinski definition) is 5. The van der Waals surface area contributed by atoms with E-state index in [2.05, 4.69) is 10.1 Å². The molecule has 1 aromatic carbocycles. The minimum absolute atomic E-state index is 0.0945. The maximum absolute atomic E-state index is 13.5. The van der Waals surface area contributed by atoms with Gasteiger partial charge in [0.05, 0.1) is 12.2 Å². The molecule has 2 N–H and O–H groups in total. The van der Waals surface area contributed by atoms with E-state index in [0.29, 0.717) is 5.56 Å². The summed E-state index contributed by atoms with van der Waals surface area (Å²) >= 11 is 0. The van der Waals surface area contributed by atoms with Gasteiger partial charge in [0.1, 0.15) is 0 Å². The molecule has 2 aromatic rings. The summed E-state index contributed by atoms with van der Waals surface area (Å²) in [5.74, 6) is -1.46. The van der Waals surface area contributed by atoms with Crippen molar-refractivity contribution >= 4 is 5.69 Å². The summed E-state index contributed by atoms with van der Waals surface area (Å²) in [6, 6.07) is 2.47. The molecular formula is C11H12F2N4O. The van der Waals surface area contributed by atoms with Crippen LogP contribution in [0.15, 0.2) is 16.7 Å². The van der Waals surface area contributed by atoms with Crippen molar-refractivity contribution in [3.63, 3.8) is 0 Å². The van der Waals surface area contributed by atoms with Crippen molar-refractivity contribution in [1.82, 2.24) is 10.1 Å². The zero-order valence-corrected chi connectivity index (χ0v) is 9.94. The average Bonchev–Trinajstić information content (AvgIpc) is 2.80. The minimum atomic E-state index is -0.963. The highest BCUT2D eigenvalue weighted by atomic mass is 19.2. The molecule has 5 nitrogen and oxygen atoms in total. The van der Waals surface area contributed by atoms with E-state index in [4.69, 9.17) is 10.3 Å². The average molecular weight is 254 g/mol. The molecule has 96 valence electrons. The standard InChI is InChI=1S/C11H12F2N4O/c1-17(2)8-4-6(3-7(12)10(8)13)11-15-9(5-14)18-16-11/h3-4H,5,14H2,1-2H3. The van der Waals surface area contributed by atoms with Crippen molar-refractivity contribution in [2.75, 3.05) is 19.0 Å². The van der Waals surface area contributed by atoms with Crippen LogP contribution < -0.4 is 10.6 Å². The topological polar surface area (TPSA) is 68.2 Å². The van der Waals surface area contributed by atoms with Crippen LogP contribution in [-0.2, 0) is 6.54 Å². The van der Waals surface area contributed by atoms with Gasteiger partial charge in [-0.1, -0.05) is 5.16 Å². The normalized spacial score (nSPS) is 10.7.